The number of likely N-dealkylation sites (tertiary alicyclic amines) is 1. The highest BCUT2D eigenvalue weighted by molar-refractivity contribution is 5.82. The molecule has 4 rings (SSSR count). The van der Waals surface area contributed by atoms with Gasteiger partial charge in [-0.15, -0.1) is 0 Å². The van der Waals surface area contributed by atoms with Gasteiger partial charge in [-0.2, -0.15) is 0 Å². The molecular formula is C25H28F2N2O2. The summed E-state index contributed by atoms with van der Waals surface area (Å²) in [6, 6.07) is 13.7. The Labute approximate surface area is 181 Å². The van der Waals surface area contributed by atoms with E-state index in [1.165, 1.54) is 19.1 Å². The molecule has 1 N–H and O–H groups in total. The molecule has 2 aromatic rings. The summed E-state index contributed by atoms with van der Waals surface area (Å²) in [5.41, 5.74) is 2.67. The molecule has 2 amide bonds. The second kappa shape index (κ2) is 9.16. The van der Waals surface area contributed by atoms with Crippen molar-refractivity contribution in [2.45, 2.75) is 57.3 Å². The molecule has 6 heteroatoms. The van der Waals surface area contributed by atoms with E-state index in [2.05, 4.69) is 5.32 Å². The average molecular weight is 427 g/mol. The van der Waals surface area contributed by atoms with Crippen molar-refractivity contribution in [3.8, 4) is 11.1 Å². The predicted octanol–water partition coefficient (Wildman–Crippen LogP) is 4.28. The monoisotopic (exact) mass is 426 g/mol. The van der Waals surface area contributed by atoms with E-state index in [0.29, 0.717) is 19.4 Å². The molecular weight excluding hydrogens is 398 g/mol. The molecule has 0 bridgehead atoms. The van der Waals surface area contributed by atoms with Gasteiger partial charge in [-0.1, -0.05) is 42.8 Å². The first-order chi connectivity index (χ1) is 14.9. The SMILES string of the molecule is CC(F)C(=O)N[C@@H]1CCN(C(=O)C2CCC2)[C@@H]1Cc1cccc(-c2cccc(F)c2)c1. The number of amides is 2. The second-order valence-corrected chi connectivity index (χ2v) is 8.66. The van der Waals surface area contributed by atoms with E-state index in [4.69, 9.17) is 0 Å². The van der Waals surface area contributed by atoms with Crippen molar-refractivity contribution in [2.24, 2.45) is 5.92 Å². The van der Waals surface area contributed by atoms with E-state index < -0.39 is 12.1 Å². The van der Waals surface area contributed by atoms with Gasteiger partial charge in [0.2, 0.25) is 5.91 Å². The fourth-order valence-corrected chi connectivity index (χ4v) is 4.52. The molecule has 2 aliphatic rings. The molecule has 1 unspecified atom stereocenters. The first-order valence-corrected chi connectivity index (χ1v) is 11.0. The first kappa shape index (κ1) is 21.5. The van der Waals surface area contributed by atoms with E-state index in [1.54, 1.807) is 6.07 Å². The van der Waals surface area contributed by atoms with Crippen LogP contribution in [0.25, 0.3) is 11.1 Å². The van der Waals surface area contributed by atoms with Gasteiger partial charge in [-0.25, -0.2) is 8.78 Å². The van der Waals surface area contributed by atoms with Crippen molar-refractivity contribution in [3.63, 3.8) is 0 Å². The molecule has 0 aromatic heterocycles. The number of nitrogens with one attached hydrogen (secondary N) is 1. The van der Waals surface area contributed by atoms with Crippen molar-refractivity contribution in [1.82, 2.24) is 10.2 Å². The lowest BCUT2D eigenvalue weighted by molar-refractivity contribution is -0.139. The number of hydrogen-bond acceptors (Lipinski definition) is 2. The predicted molar refractivity (Wildman–Crippen MR) is 115 cm³/mol. The molecule has 4 nitrogen and oxygen atoms in total. The molecule has 0 spiro atoms. The normalized spacial score (nSPS) is 22.1. The average Bonchev–Trinajstić information content (AvgIpc) is 3.09. The number of halogens is 2. The third-order valence-corrected chi connectivity index (χ3v) is 6.50. The fourth-order valence-electron chi connectivity index (χ4n) is 4.52. The van der Waals surface area contributed by atoms with Crippen molar-refractivity contribution in [2.75, 3.05) is 6.54 Å². The topological polar surface area (TPSA) is 49.4 Å². The zero-order valence-corrected chi connectivity index (χ0v) is 17.7. The van der Waals surface area contributed by atoms with Gasteiger partial charge < -0.3 is 10.2 Å². The lowest BCUT2D eigenvalue weighted by Crippen LogP contribution is -2.51. The molecule has 3 atom stereocenters. The van der Waals surface area contributed by atoms with Crippen molar-refractivity contribution < 1.29 is 18.4 Å². The fraction of sp³-hybridized carbons (Fsp3) is 0.440. The number of hydrogen-bond donors (Lipinski definition) is 1. The van der Waals surface area contributed by atoms with Gasteiger partial charge in [0.05, 0.1) is 12.1 Å². The Morgan fingerprint density at radius 2 is 1.81 bits per heavy atom. The maximum absolute atomic E-state index is 13.7. The molecule has 1 saturated heterocycles. The summed E-state index contributed by atoms with van der Waals surface area (Å²) in [6.07, 6.45) is 2.47. The molecule has 31 heavy (non-hydrogen) atoms. The van der Waals surface area contributed by atoms with Crippen LogP contribution in [0.3, 0.4) is 0 Å². The quantitative estimate of drug-likeness (QED) is 0.750. The number of nitrogens with zero attached hydrogens (tertiary/aromatic N) is 1. The highest BCUT2D eigenvalue weighted by Gasteiger charge is 2.41. The summed E-state index contributed by atoms with van der Waals surface area (Å²) in [5.74, 6) is -0.723. The van der Waals surface area contributed by atoms with Crippen molar-refractivity contribution >= 4 is 11.8 Å². The number of carbonyl (C=O) groups excluding carboxylic acids is 2. The van der Waals surface area contributed by atoms with E-state index in [9.17, 15) is 18.4 Å². The Bertz CT molecular complexity index is 958. The van der Waals surface area contributed by atoms with Gasteiger partial charge in [0.15, 0.2) is 6.17 Å². The molecule has 2 fully saturated rings. The molecule has 1 saturated carbocycles. The maximum Gasteiger partial charge on any atom is 0.254 e. The van der Waals surface area contributed by atoms with Crippen LogP contribution >= 0.6 is 0 Å². The number of rotatable bonds is 6. The summed E-state index contributed by atoms with van der Waals surface area (Å²) in [6.45, 7) is 1.79. The van der Waals surface area contributed by atoms with Crippen LogP contribution in [0.2, 0.25) is 0 Å². The van der Waals surface area contributed by atoms with Gasteiger partial charge in [0.1, 0.15) is 5.82 Å². The number of benzene rings is 2. The lowest BCUT2D eigenvalue weighted by atomic mass is 9.84. The minimum absolute atomic E-state index is 0.0654. The largest absolute Gasteiger partial charge is 0.349 e. The van der Waals surface area contributed by atoms with Crippen LogP contribution in [0.4, 0.5) is 8.78 Å². The molecule has 1 aliphatic carbocycles. The van der Waals surface area contributed by atoms with Crippen LogP contribution in [-0.4, -0.2) is 41.5 Å². The summed E-state index contributed by atoms with van der Waals surface area (Å²) in [5, 5.41) is 2.80. The van der Waals surface area contributed by atoms with E-state index in [-0.39, 0.29) is 29.7 Å². The zero-order valence-electron chi connectivity index (χ0n) is 17.7. The summed E-state index contributed by atoms with van der Waals surface area (Å²) < 4.78 is 27.2. The van der Waals surface area contributed by atoms with Gasteiger partial charge in [0.25, 0.3) is 5.91 Å². The molecule has 0 radical (unpaired) electrons. The Kier molecular flexibility index (Phi) is 6.35. The smallest absolute Gasteiger partial charge is 0.254 e. The van der Waals surface area contributed by atoms with Crippen LogP contribution in [0, 0.1) is 11.7 Å². The highest BCUT2D eigenvalue weighted by atomic mass is 19.1. The van der Waals surface area contributed by atoms with E-state index in [0.717, 1.165) is 36.0 Å². The maximum atomic E-state index is 13.7. The molecule has 1 aliphatic heterocycles. The minimum Gasteiger partial charge on any atom is -0.349 e. The Hall–Kier alpha value is -2.76. The summed E-state index contributed by atoms with van der Waals surface area (Å²) >= 11 is 0. The summed E-state index contributed by atoms with van der Waals surface area (Å²) in [7, 11) is 0. The van der Waals surface area contributed by atoms with Gasteiger partial charge >= 0.3 is 0 Å². The van der Waals surface area contributed by atoms with Crippen LogP contribution in [0.1, 0.15) is 38.2 Å². The van der Waals surface area contributed by atoms with Gasteiger partial charge in [-0.3, -0.25) is 9.59 Å². The van der Waals surface area contributed by atoms with E-state index >= 15 is 0 Å². The minimum atomic E-state index is -1.59. The van der Waals surface area contributed by atoms with Crippen LogP contribution in [-0.2, 0) is 16.0 Å². The van der Waals surface area contributed by atoms with Gasteiger partial charge in [0, 0.05) is 12.5 Å². The first-order valence-electron chi connectivity index (χ1n) is 11.0. The standard InChI is InChI=1S/C25H28F2N2O2/c1-16(26)24(30)28-22-11-12-29(25(31)18-6-3-7-18)23(22)14-17-5-2-8-19(13-17)20-9-4-10-21(27)15-20/h2,4-5,8-10,13,15-16,18,22-23H,3,6-7,11-12,14H2,1H3,(H,28,30)/t16?,22-,23-/m1/s1. The summed E-state index contributed by atoms with van der Waals surface area (Å²) in [4.78, 5) is 26.9. The third-order valence-electron chi connectivity index (χ3n) is 6.50. The molecule has 164 valence electrons. The Morgan fingerprint density at radius 3 is 2.45 bits per heavy atom. The number of carbonyl (C=O) groups is 2. The zero-order chi connectivity index (χ0) is 22.0. The lowest BCUT2D eigenvalue weighted by Gasteiger charge is -2.34. The number of alkyl halides is 1. The van der Waals surface area contributed by atoms with Crippen molar-refractivity contribution in [1.29, 1.82) is 0 Å². The van der Waals surface area contributed by atoms with E-state index in [1.807, 2.05) is 35.2 Å². The Morgan fingerprint density at radius 1 is 1.10 bits per heavy atom. The Balaban J connectivity index is 1.57. The van der Waals surface area contributed by atoms with Crippen LogP contribution in [0.15, 0.2) is 48.5 Å². The van der Waals surface area contributed by atoms with Crippen molar-refractivity contribution in [3.05, 3.63) is 59.9 Å². The molecule has 1 heterocycles. The van der Waals surface area contributed by atoms with Gasteiger partial charge in [-0.05, 0) is 61.4 Å². The van der Waals surface area contributed by atoms with Crippen LogP contribution in [0.5, 0.6) is 0 Å². The van der Waals surface area contributed by atoms with Crippen LogP contribution < -0.4 is 5.32 Å². The third kappa shape index (κ3) is 4.78. The molecule has 2 aromatic carbocycles. The second-order valence-electron chi connectivity index (χ2n) is 8.66. The highest BCUT2D eigenvalue weighted by Crippen LogP contribution is 2.33.